The van der Waals surface area contributed by atoms with Gasteiger partial charge in [-0.25, -0.2) is 9.18 Å². The van der Waals surface area contributed by atoms with Crippen molar-refractivity contribution >= 4 is 12.1 Å². The number of benzene rings is 1. The van der Waals surface area contributed by atoms with Crippen LogP contribution in [-0.4, -0.2) is 37.2 Å². The van der Waals surface area contributed by atoms with E-state index in [1.54, 1.807) is 23.1 Å². The molecule has 0 spiro atoms. The number of carbonyl (C=O) groups is 1. The van der Waals surface area contributed by atoms with Crippen LogP contribution in [0.4, 0.5) is 9.18 Å². The maximum Gasteiger partial charge on any atom is 0.321 e. The Kier molecular flexibility index (Phi) is 4.30. The van der Waals surface area contributed by atoms with Crippen LogP contribution in [-0.2, 0) is 4.74 Å². The molecule has 0 unspecified atom stereocenters. The maximum absolute atomic E-state index is 13.3. The zero-order chi connectivity index (χ0) is 12.8. The number of ether oxygens (including phenoxy) is 1. The zero-order valence-electron chi connectivity index (χ0n) is 9.93. The highest BCUT2D eigenvalue weighted by Gasteiger charge is 2.14. The third kappa shape index (κ3) is 3.30. The second-order valence-electron chi connectivity index (χ2n) is 3.90. The highest BCUT2D eigenvalue weighted by Crippen LogP contribution is 2.07. The summed E-state index contributed by atoms with van der Waals surface area (Å²) in [5.74, 6) is -0.311. The third-order valence-corrected chi connectivity index (χ3v) is 2.67. The van der Waals surface area contributed by atoms with Crippen molar-refractivity contribution in [3.8, 4) is 0 Å². The molecule has 0 saturated carbocycles. The number of nitrogens with zero attached hydrogens (tertiary/aromatic N) is 1. The predicted molar refractivity (Wildman–Crippen MR) is 66.4 cm³/mol. The van der Waals surface area contributed by atoms with Crippen molar-refractivity contribution in [2.75, 3.05) is 26.3 Å². The summed E-state index contributed by atoms with van der Waals surface area (Å²) in [6.45, 7) is 2.29. The fourth-order valence-corrected chi connectivity index (χ4v) is 1.67. The maximum atomic E-state index is 13.3. The first-order valence-corrected chi connectivity index (χ1v) is 5.81. The Balaban J connectivity index is 1.87. The molecule has 1 saturated heterocycles. The summed E-state index contributed by atoms with van der Waals surface area (Å²) < 4.78 is 18.4. The summed E-state index contributed by atoms with van der Waals surface area (Å²) in [6, 6.07) is 6.20. The first kappa shape index (κ1) is 12.6. The van der Waals surface area contributed by atoms with E-state index in [0.29, 0.717) is 31.9 Å². The molecular formula is C13H15FN2O2. The molecule has 0 atom stereocenters. The van der Waals surface area contributed by atoms with Crippen molar-refractivity contribution in [1.82, 2.24) is 10.2 Å². The van der Waals surface area contributed by atoms with Gasteiger partial charge in [-0.1, -0.05) is 18.2 Å². The Hall–Kier alpha value is -1.88. The van der Waals surface area contributed by atoms with Gasteiger partial charge < -0.3 is 15.0 Å². The van der Waals surface area contributed by atoms with E-state index in [9.17, 15) is 9.18 Å². The van der Waals surface area contributed by atoms with E-state index >= 15 is 0 Å². The van der Waals surface area contributed by atoms with Gasteiger partial charge in [0, 0.05) is 24.9 Å². The first-order chi connectivity index (χ1) is 8.77. The summed E-state index contributed by atoms with van der Waals surface area (Å²) in [5.41, 5.74) is 0.444. The van der Waals surface area contributed by atoms with Crippen LogP contribution in [0.2, 0.25) is 0 Å². The Bertz CT molecular complexity index is 442. The van der Waals surface area contributed by atoms with Crippen molar-refractivity contribution in [2.45, 2.75) is 0 Å². The molecule has 18 heavy (non-hydrogen) atoms. The van der Waals surface area contributed by atoms with Crippen molar-refractivity contribution in [3.63, 3.8) is 0 Å². The fourth-order valence-electron chi connectivity index (χ4n) is 1.67. The lowest BCUT2D eigenvalue weighted by atomic mass is 10.2. The van der Waals surface area contributed by atoms with Gasteiger partial charge in [-0.05, 0) is 12.1 Å². The minimum absolute atomic E-state index is 0.189. The topological polar surface area (TPSA) is 41.6 Å². The SMILES string of the molecule is O=C(N/C=C/c1ccccc1F)N1CCOCC1. The van der Waals surface area contributed by atoms with Gasteiger partial charge in [-0.2, -0.15) is 0 Å². The molecule has 2 amide bonds. The van der Waals surface area contributed by atoms with Crippen LogP contribution in [0.5, 0.6) is 0 Å². The summed E-state index contributed by atoms with van der Waals surface area (Å²) in [5, 5.41) is 2.61. The summed E-state index contributed by atoms with van der Waals surface area (Å²) in [7, 11) is 0. The number of hydrogen-bond acceptors (Lipinski definition) is 2. The van der Waals surface area contributed by atoms with Crippen molar-refractivity contribution in [2.24, 2.45) is 0 Å². The van der Waals surface area contributed by atoms with Crippen LogP contribution in [0.25, 0.3) is 6.08 Å². The largest absolute Gasteiger partial charge is 0.378 e. The molecule has 1 fully saturated rings. The number of morpholine rings is 1. The molecule has 0 aliphatic carbocycles. The summed E-state index contributed by atoms with van der Waals surface area (Å²) >= 11 is 0. The minimum atomic E-state index is -0.311. The molecule has 1 aliphatic rings. The molecule has 0 aromatic heterocycles. The van der Waals surface area contributed by atoms with Crippen LogP contribution in [0.1, 0.15) is 5.56 Å². The van der Waals surface area contributed by atoms with Crippen LogP contribution in [0.15, 0.2) is 30.5 Å². The Morgan fingerprint density at radius 3 is 2.78 bits per heavy atom. The van der Waals surface area contributed by atoms with Crippen molar-refractivity contribution < 1.29 is 13.9 Å². The lowest BCUT2D eigenvalue weighted by molar-refractivity contribution is 0.0540. The van der Waals surface area contributed by atoms with Gasteiger partial charge in [-0.3, -0.25) is 0 Å². The molecule has 1 heterocycles. The van der Waals surface area contributed by atoms with Gasteiger partial charge in [0.25, 0.3) is 0 Å². The van der Waals surface area contributed by atoms with Crippen LogP contribution in [0.3, 0.4) is 0 Å². The summed E-state index contributed by atoms with van der Waals surface area (Å²) in [6.07, 6.45) is 2.99. The number of urea groups is 1. The van der Waals surface area contributed by atoms with E-state index in [0.717, 1.165) is 0 Å². The first-order valence-electron chi connectivity index (χ1n) is 5.81. The van der Waals surface area contributed by atoms with Gasteiger partial charge in [0.1, 0.15) is 5.82 Å². The quantitative estimate of drug-likeness (QED) is 0.870. The molecule has 4 nitrogen and oxygen atoms in total. The monoisotopic (exact) mass is 250 g/mol. The summed E-state index contributed by atoms with van der Waals surface area (Å²) in [4.78, 5) is 13.3. The standard InChI is InChI=1S/C13H15FN2O2/c14-12-4-2-1-3-11(12)5-6-15-13(17)16-7-9-18-10-8-16/h1-6H,7-10H2,(H,15,17)/b6-5+. The van der Waals surface area contributed by atoms with E-state index in [1.807, 2.05) is 0 Å². The number of rotatable bonds is 2. The lowest BCUT2D eigenvalue weighted by Crippen LogP contribution is -2.44. The lowest BCUT2D eigenvalue weighted by Gasteiger charge is -2.26. The third-order valence-electron chi connectivity index (χ3n) is 2.67. The average Bonchev–Trinajstić information content (AvgIpc) is 2.42. The predicted octanol–water partition coefficient (Wildman–Crippen LogP) is 1.84. The van der Waals surface area contributed by atoms with Crippen LogP contribution >= 0.6 is 0 Å². The number of nitrogens with one attached hydrogen (secondary N) is 1. The van der Waals surface area contributed by atoms with E-state index in [1.165, 1.54) is 18.3 Å². The molecule has 5 heteroatoms. The van der Waals surface area contributed by atoms with Crippen LogP contribution < -0.4 is 5.32 Å². The van der Waals surface area contributed by atoms with E-state index in [4.69, 9.17) is 4.74 Å². The fraction of sp³-hybridized carbons (Fsp3) is 0.308. The number of hydrogen-bond donors (Lipinski definition) is 1. The average molecular weight is 250 g/mol. The van der Waals surface area contributed by atoms with Gasteiger partial charge >= 0.3 is 6.03 Å². The molecule has 2 rings (SSSR count). The number of amides is 2. The zero-order valence-corrected chi connectivity index (χ0v) is 9.93. The Morgan fingerprint density at radius 2 is 2.06 bits per heavy atom. The highest BCUT2D eigenvalue weighted by atomic mass is 19.1. The molecular weight excluding hydrogens is 235 g/mol. The van der Waals surface area contributed by atoms with E-state index in [2.05, 4.69) is 5.32 Å². The highest BCUT2D eigenvalue weighted by molar-refractivity contribution is 5.76. The molecule has 1 aromatic carbocycles. The molecule has 0 bridgehead atoms. The molecule has 1 aliphatic heterocycles. The molecule has 1 aromatic rings. The van der Waals surface area contributed by atoms with Gasteiger partial charge in [0.2, 0.25) is 0 Å². The van der Waals surface area contributed by atoms with E-state index < -0.39 is 0 Å². The second-order valence-corrected chi connectivity index (χ2v) is 3.90. The van der Waals surface area contributed by atoms with Gasteiger partial charge in [0.15, 0.2) is 0 Å². The number of carbonyl (C=O) groups excluding carboxylic acids is 1. The smallest absolute Gasteiger partial charge is 0.321 e. The Labute approximate surface area is 105 Å². The van der Waals surface area contributed by atoms with Crippen molar-refractivity contribution in [1.29, 1.82) is 0 Å². The normalized spacial score (nSPS) is 15.9. The molecule has 0 radical (unpaired) electrons. The van der Waals surface area contributed by atoms with Gasteiger partial charge in [0.05, 0.1) is 13.2 Å². The van der Waals surface area contributed by atoms with Gasteiger partial charge in [-0.15, -0.1) is 0 Å². The molecule has 1 N–H and O–H groups in total. The van der Waals surface area contributed by atoms with E-state index in [-0.39, 0.29) is 11.8 Å². The molecule has 96 valence electrons. The van der Waals surface area contributed by atoms with Crippen molar-refractivity contribution in [3.05, 3.63) is 41.8 Å². The van der Waals surface area contributed by atoms with Crippen LogP contribution in [0, 0.1) is 5.82 Å². The second kappa shape index (κ2) is 6.16. The Morgan fingerprint density at radius 1 is 1.33 bits per heavy atom. The minimum Gasteiger partial charge on any atom is -0.378 e. The number of halogens is 1.